The van der Waals surface area contributed by atoms with E-state index in [1.165, 1.54) is 5.56 Å². The van der Waals surface area contributed by atoms with Gasteiger partial charge in [-0.1, -0.05) is 44.3 Å². The van der Waals surface area contributed by atoms with Crippen LogP contribution in [0.1, 0.15) is 25.3 Å². The highest BCUT2D eigenvalue weighted by molar-refractivity contribution is 8.14. The first-order chi connectivity index (χ1) is 10.5. The van der Waals surface area contributed by atoms with E-state index in [2.05, 4.69) is 41.0 Å². The van der Waals surface area contributed by atoms with E-state index in [-0.39, 0.29) is 22.5 Å². The number of carbonyl (C=O) groups is 2. The Morgan fingerprint density at radius 2 is 1.95 bits per heavy atom. The van der Waals surface area contributed by atoms with E-state index < -0.39 is 5.91 Å². The van der Waals surface area contributed by atoms with Gasteiger partial charge in [-0.25, -0.2) is 0 Å². The number of thioether (sulfide) groups is 1. The van der Waals surface area contributed by atoms with Crippen LogP contribution in [-0.4, -0.2) is 22.7 Å². The molecule has 0 bridgehead atoms. The van der Waals surface area contributed by atoms with E-state index in [1.807, 2.05) is 24.3 Å². The molecule has 2 amide bonds. The molecule has 0 unspecified atom stereocenters. The summed E-state index contributed by atoms with van der Waals surface area (Å²) in [5, 5.41) is 10.2. The number of hydrogen-bond acceptors (Lipinski definition) is 5. The van der Waals surface area contributed by atoms with Gasteiger partial charge in [0.05, 0.1) is 5.75 Å². The number of amides is 2. The number of amidine groups is 1. The summed E-state index contributed by atoms with van der Waals surface area (Å²) < 4.78 is 0. The van der Waals surface area contributed by atoms with Gasteiger partial charge in [0.25, 0.3) is 5.91 Å². The molecule has 114 valence electrons. The van der Waals surface area contributed by atoms with Crippen molar-refractivity contribution in [3.05, 3.63) is 42.1 Å². The van der Waals surface area contributed by atoms with Crippen molar-refractivity contribution in [3.8, 4) is 0 Å². The minimum Gasteiger partial charge on any atom is -0.325 e. The fourth-order valence-corrected chi connectivity index (χ4v) is 2.24. The van der Waals surface area contributed by atoms with Crippen LogP contribution < -0.4 is 5.32 Å². The van der Waals surface area contributed by atoms with Crippen molar-refractivity contribution in [2.45, 2.75) is 19.8 Å². The molecule has 0 aromatic heterocycles. The lowest BCUT2D eigenvalue weighted by Crippen LogP contribution is -2.16. The summed E-state index contributed by atoms with van der Waals surface area (Å²) in [7, 11) is 0. The van der Waals surface area contributed by atoms with Crippen LogP contribution in [-0.2, 0) is 9.59 Å². The Morgan fingerprint density at radius 1 is 1.27 bits per heavy atom. The highest BCUT2D eigenvalue weighted by atomic mass is 32.2. The first kappa shape index (κ1) is 16.1. The quantitative estimate of drug-likeness (QED) is 0.865. The third kappa shape index (κ3) is 4.36. The number of nitrogens with one attached hydrogen (secondary N) is 1. The van der Waals surface area contributed by atoms with Crippen LogP contribution in [0.5, 0.6) is 0 Å². The SMILES string of the molecule is C=C1N=NC(SCC(=O)Nc2ccc(C(C)C)cc2)=NC1=O. The van der Waals surface area contributed by atoms with Crippen molar-refractivity contribution in [2.75, 3.05) is 11.1 Å². The Kier molecular flexibility index (Phi) is 5.21. The number of nitrogens with zero attached hydrogens (tertiary/aromatic N) is 3. The molecule has 0 saturated carbocycles. The Morgan fingerprint density at radius 3 is 2.55 bits per heavy atom. The maximum atomic E-state index is 11.9. The number of hydrogen-bond donors (Lipinski definition) is 1. The van der Waals surface area contributed by atoms with Gasteiger partial charge < -0.3 is 5.32 Å². The van der Waals surface area contributed by atoms with Crippen LogP contribution >= 0.6 is 11.8 Å². The van der Waals surface area contributed by atoms with Gasteiger partial charge in [-0.2, -0.15) is 4.99 Å². The zero-order chi connectivity index (χ0) is 16.1. The average Bonchev–Trinajstić information content (AvgIpc) is 2.49. The molecular weight excluding hydrogens is 300 g/mol. The van der Waals surface area contributed by atoms with Gasteiger partial charge in [0.1, 0.15) is 5.70 Å². The summed E-state index contributed by atoms with van der Waals surface area (Å²) in [5.41, 5.74) is 1.94. The molecule has 1 aliphatic heterocycles. The summed E-state index contributed by atoms with van der Waals surface area (Å²) in [6, 6.07) is 7.70. The molecule has 0 radical (unpaired) electrons. The van der Waals surface area contributed by atoms with E-state index in [0.717, 1.165) is 17.4 Å². The molecule has 0 aliphatic carbocycles. The molecule has 1 heterocycles. The minimum absolute atomic E-state index is 0.000885. The zero-order valence-electron chi connectivity index (χ0n) is 12.4. The fraction of sp³-hybridized carbons (Fsp3) is 0.267. The highest BCUT2D eigenvalue weighted by Gasteiger charge is 2.14. The standard InChI is InChI=1S/C15H16N4O2S/c1-9(2)11-4-6-12(7-5-11)16-13(20)8-22-15-17-14(21)10(3)18-19-15/h4-7,9H,3,8H2,1-2H3,(H,16,20). The van der Waals surface area contributed by atoms with Gasteiger partial charge in [0, 0.05) is 5.69 Å². The lowest BCUT2D eigenvalue weighted by Gasteiger charge is -2.08. The maximum absolute atomic E-state index is 11.9. The minimum atomic E-state index is -0.526. The van der Waals surface area contributed by atoms with Crippen molar-refractivity contribution in [2.24, 2.45) is 15.2 Å². The number of benzene rings is 1. The molecule has 1 aliphatic rings. The molecule has 2 rings (SSSR count). The third-order valence-corrected chi connectivity index (χ3v) is 3.73. The Balaban J connectivity index is 1.86. The van der Waals surface area contributed by atoms with Crippen LogP contribution in [0.3, 0.4) is 0 Å². The number of anilines is 1. The number of rotatable bonds is 4. The van der Waals surface area contributed by atoms with Crippen LogP contribution in [0.25, 0.3) is 0 Å². The Bertz CT molecular complexity index is 663. The Labute approximate surface area is 132 Å². The van der Waals surface area contributed by atoms with Crippen molar-refractivity contribution in [3.63, 3.8) is 0 Å². The molecule has 1 aromatic carbocycles. The van der Waals surface area contributed by atoms with Crippen LogP contribution in [0.4, 0.5) is 5.69 Å². The molecule has 22 heavy (non-hydrogen) atoms. The smallest absolute Gasteiger partial charge is 0.299 e. The van der Waals surface area contributed by atoms with Crippen molar-refractivity contribution in [1.82, 2.24) is 0 Å². The second kappa shape index (κ2) is 7.13. The van der Waals surface area contributed by atoms with E-state index in [1.54, 1.807) is 0 Å². The third-order valence-electron chi connectivity index (χ3n) is 2.89. The van der Waals surface area contributed by atoms with Crippen molar-refractivity contribution < 1.29 is 9.59 Å². The van der Waals surface area contributed by atoms with Gasteiger partial charge in [-0.3, -0.25) is 9.59 Å². The zero-order valence-corrected chi connectivity index (χ0v) is 13.2. The first-order valence-corrected chi connectivity index (χ1v) is 7.70. The van der Waals surface area contributed by atoms with Gasteiger partial charge in [-0.05, 0) is 23.6 Å². The van der Waals surface area contributed by atoms with Gasteiger partial charge >= 0.3 is 0 Å². The van der Waals surface area contributed by atoms with Gasteiger partial charge in [-0.15, -0.1) is 10.2 Å². The summed E-state index contributed by atoms with van der Waals surface area (Å²) >= 11 is 1.05. The maximum Gasteiger partial charge on any atom is 0.299 e. The summed E-state index contributed by atoms with van der Waals surface area (Å²) in [6.45, 7) is 7.62. The van der Waals surface area contributed by atoms with Gasteiger partial charge in [0.2, 0.25) is 11.1 Å². The molecule has 0 spiro atoms. The van der Waals surface area contributed by atoms with Crippen molar-refractivity contribution in [1.29, 1.82) is 0 Å². The molecule has 6 nitrogen and oxygen atoms in total. The second-order valence-corrected chi connectivity index (χ2v) is 5.90. The van der Waals surface area contributed by atoms with Crippen molar-refractivity contribution >= 4 is 34.4 Å². The lowest BCUT2D eigenvalue weighted by atomic mass is 10.0. The Hall–Kier alpha value is -2.28. The molecular formula is C15H16N4O2S. The van der Waals surface area contributed by atoms with E-state index in [4.69, 9.17) is 0 Å². The number of carbonyl (C=O) groups excluding carboxylic acids is 2. The predicted octanol–water partition coefficient (Wildman–Crippen LogP) is 3.34. The number of azo groups is 1. The van der Waals surface area contributed by atoms with Crippen LogP contribution in [0, 0.1) is 0 Å². The first-order valence-electron chi connectivity index (χ1n) is 6.72. The van der Waals surface area contributed by atoms with Gasteiger partial charge in [0.15, 0.2) is 0 Å². The van der Waals surface area contributed by atoms with E-state index in [0.29, 0.717) is 5.92 Å². The molecule has 0 fully saturated rings. The summed E-state index contributed by atoms with van der Waals surface area (Å²) in [4.78, 5) is 26.8. The molecule has 0 saturated heterocycles. The largest absolute Gasteiger partial charge is 0.325 e. The molecule has 0 atom stereocenters. The fourth-order valence-electron chi connectivity index (χ4n) is 1.66. The molecule has 1 N–H and O–H groups in total. The van der Waals surface area contributed by atoms with Crippen LogP contribution in [0.15, 0.2) is 51.8 Å². The number of aliphatic imine (C=N–C) groups is 1. The normalized spacial score (nSPS) is 14.2. The second-order valence-electron chi connectivity index (χ2n) is 4.96. The van der Waals surface area contributed by atoms with E-state index >= 15 is 0 Å². The monoisotopic (exact) mass is 316 g/mol. The summed E-state index contributed by atoms with van der Waals surface area (Å²) in [6.07, 6.45) is 0. The predicted molar refractivity (Wildman–Crippen MR) is 88.1 cm³/mol. The summed E-state index contributed by atoms with van der Waals surface area (Å²) in [5.74, 6) is -0.176. The molecule has 7 heteroatoms. The molecule has 1 aromatic rings. The lowest BCUT2D eigenvalue weighted by molar-refractivity contribution is -0.115. The van der Waals surface area contributed by atoms with E-state index in [9.17, 15) is 9.59 Å². The topological polar surface area (TPSA) is 83.2 Å². The van der Waals surface area contributed by atoms with Crippen LogP contribution in [0.2, 0.25) is 0 Å². The average molecular weight is 316 g/mol. The highest BCUT2D eigenvalue weighted by Crippen LogP contribution is 2.18.